The number of hydrogen-bond acceptors (Lipinski definition) is 4. The molecule has 1 heterocycles. The Morgan fingerprint density at radius 2 is 2.45 bits per heavy atom. The van der Waals surface area contributed by atoms with Gasteiger partial charge in [0.25, 0.3) is 0 Å². The molecule has 0 aliphatic carbocycles. The maximum Gasteiger partial charge on any atom is 0.137 e. The van der Waals surface area contributed by atoms with E-state index in [1.807, 2.05) is 5.48 Å². The van der Waals surface area contributed by atoms with Gasteiger partial charge in [0.1, 0.15) is 5.75 Å². The van der Waals surface area contributed by atoms with E-state index in [0.29, 0.717) is 12.3 Å². The molecule has 0 saturated heterocycles. The van der Waals surface area contributed by atoms with E-state index in [0.717, 1.165) is 5.56 Å². The summed E-state index contributed by atoms with van der Waals surface area (Å²) in [7, 11) is 1.58. The Labute approximate surface area is 64.8 Å². The van der Waals surface area contributed by atoms with Crippen LogP contribution in [0.5, 0.6) is 5.75 Å². The van der Waals surface area contributed by atoms with Gasteiger partial charge >= 0.3 is 0 Å². The molecule has 1 aromatic heterocycles. The number of hydrogen-bond donors (Lipinski definition) is 2. The number of methoxy groups -OCH3 is 1. The molecule has 1 rings (SSSR count). The first-order chi connectivity index (χ1) is 5.36. The van der Waals surface area contributed by atoms with Gasteiger partial charge in [-0.05, 0) is 11.6 Å². The van der Waals surface area contributed by atoms with Crippen molar-refractivity contribution in [2.75, 3.05) is 7.11 Å². The van der Waals surface area contributed by atoms with Gasteiger partial charge < -0.3 is 9.94 Å². The van der Waals surface area contributed by atoms with Crippen molar-refractivity contribution in [2.45, 2.75) is 6.54 Å². The number of rotatable bonds is 3. The molecule has 1 aromatic rings. The summed E-state index contributed by atoms with van der Waals surface area (Å²) in [6, 6.07) is 1.80. The molecule has 0 aromatic carbocycles. The minimum absolute atomic E-state index is 0.379. The molecule has 0 unspecified atom stereocenters. The molecular weight excluding hydrogens is 144 g/mol. The zero-order valence-corrected chi connectivity index (χ0v) is 6.24. The lowest BCUT2D eigenvalue weighted by atomic mass is 10.3. The van der Waals surface area contributed by atoms with E-state index in [4.69, 9.17) is 9.94 Å². The van der Waals surface area contributed by atoms with Crippen molar-refractivity contribution in [3.05, 3.63) is 24.0 Å². The largest absolute Gasteiger partial charge is 0.495 e. The molecule has 0 saturated carbocycles. The Bertz CT molecular complexity index is 227. The van der Waals surface area contributed by atoms with Crippen LogP contribution in [0, 0.1) is 0 Å². The minimum atomic E-state index is 0.379. The summed E-state index contributed by atoms with van der Waals surface area (Å²) in [5.41, 5.74) is 2.92. The van der Waals surface area contributed by atoms with Crippen LogP contribution in [0.4, 0.5) is 0 Å². The molecule has 0 bridgehead atoms. The second-order valence-corrected chi connectivity index (χ2v) is 2.07. The summed E-state index contributed by atoms with van der Waals surface area (Å²) in [6.07, 6.45) is 3.27. The minimum Gasteiger partial charge on any atom is -0.495 e. The van der Waals surface area contributed by atoms with Crippen LogP contribution in [0.2, 0.25) is 0 Å². The molecule has 0 aliphatic heterocycles. The summed E-state index contributed by atoms with van der Waals surface area (Å²) in [6.45, 7) is 0.379. The average Bonchev–Trinajstić information content (AvgIpc) is 2.06. The van der Waals surface area contributed by atoms with Crippen LogP contribution in [-0.4, -0.2) is 17.3 Å². The first kappa shape index (κ1) is 7.97. The van der Waals surface area contributed by atoms with Crippen LogP contribution < -0.4 is 10.2 Å². The molecule has 11 heavy (non-hydrogen) atoms. The number of ether oxygens (including phenoxy) is 1. The molecule has 0 spiro atoms. The zero-order valence-electron chi connectivity index (χ0n) is 6.24. The SMILES string of the molecule is COc1cncc(CNO)c1. The lowest BCUT2D eigenvalue weighted by molar-refractivity contribution is 0.161. The monoisotopic (exact) mass is 154 g/mol. The van der Waals surface area contributed by atoms with Crippen LogP contribution in [0.15, 0.2) is 18.5 Å². The van der Waals surface area contributed by atoms with Crippen LogP contribution in [-0.2, 0) is 6.54 Å². The van der Waals surface area contributed by atoms with Crippen LogP contribution >= 0.6 is 0 Å². The maximum atomic E-state index is 8.36. The van der Waals surface area contributed by atoms with Gasteiger partial charge in [-0.1, -0.05) is 0 Å². The normalized spacial score (nSPS) is 9.64. The molecule has 4 heteroatoms. The van der Waals surface area contributed by atoms with Gasteiger partial charge in [0.2, 0.25) is 0 Å². The number of pyridine rings is 1. The molecule has 60 valence electrons. The molecular formula is C7H10N2O2. The summed E-state index contributed by atoms with van der Waals surface area (Å²) in [5, 5.41) is 8.36. The lowest BCUT2D eigenvalue weighted by Gasteiger charge is -2.01. The number of hydroxylamine groups is 1. The molecule has 0 atom stereocenters. The van der Waals surface area contributed by atoms with Crippen LogP contribution in [0.25, 0.3) is 0 Å². The fourth-order valence-electron chi connectivity index (χ4n) is 0.763. The summed E-state index contributed by atoms with van der Waals surface area (Å²) in [5.74, 6) is 0.692. The summed E-state index contributed by atoms with van der Waals surface area (Å²) < 4.78 is 4.93. The highest BCUT2D eigenvalue weighted by molar-refractivity contribution is 5.22. The van der Waals surface area contributed by atoms with Gasteiger partial charge in [-0.2, -0.15) is 0 Å². The Kier molecular flexibility index (Phi) is 2.83. The van der Waals surface area contributed by atoms with E-state index < -0.39 is 0 Å². The van der Waals surface area contributed by atoms with Gasteiger partial charge in [0.05, 0.1) is 13.3 Å². The molecule has 0 amide bonds. The van der Waals surface area contributed by atoms with E-state index in [1.165, 1.54) is 0 Å². The van der Waals surface area contributed by atoms with Crippen molar-refractivity contribution in [1.82, 2.24) is 10.5 Å². The van der Waals surface area contributed by atoms with Crippen molar-refractivity contribution in [3.8, 4) is 5.75 Å². The second-order valence-electron chi connectivity index (χ2n) is 2.07. The highest BCUT2D eigenvalue weighted by atomic mass is 16.5. The van der Waals surface area contributed by atoms with E-state index >= 15 is 0 Å². The molecule has 0 fully saturated rings. The van der Waals surface area contributed by atoms with E-state index in [2.05, 4.69) is 4.98 Å². The molecule has 0 radical (unpaired) electrons. The van der Waals surface area contributed by atoms with Crippen molar-refractivity contribution >= 4 is 0 Å². The van der Waals surface area contributed by atoms with Gasteiger partial charge in [-0.15, -0.1) is 0 Å². The first-order valence-electron chi connectivity index (χ1n) is 3.21. The zero-order chi connectivity index (χ0) is 8.10. The van der Waals surface area contributed by atoms with Crippen molar-refractivity contribution in [1.29, 1.82) is 0 Å². The molecule has 0 aliphatic rings. The topological polar surface area (TPSA) is 54.4 Å². The van der Waals surface area contributed by atoms with E-state index in [-0.39, 0.29) is 0 Å². The maximum absolute atomic E-state index is 8.36. The Morgan fingerprint density at radius 1 is 1.64 bits per heavy atom. The van der Waals surface area contributed by atoms with Crippen molar-refractivity contribution < 1.29 is 9.94 Å². The van der Waals surface area contributed by atoms with Crippen molar-refractivity contribution in [3.63, 3.8) is 0 Å². The van der Waals surface area contributed by atoms with Gasteiger partial charge in [0.15, 0.2) is 0 Å². The quantitative estimate of drug-likeness (QED) is 0.625. The first-order valence-corrected chi connectivity index (χ1v) is 3.21. The Hall–Kier alpha value is -1.13. The Balaban J connectivity index is 2.74. The fourth-order valence-corrected chi connectivity index (χ4v) is 0.763. The number of aromatic nitrogens is 1. The average molecular weight is 154 g/mol. The molecule has 2 N–H and O–H groups in total. The number of nitrogens with zero attached hydrogens (tertiary/aromatic N) is 1. The van der Waals surface area contributed by atoms with Crippen LogP contribution in [0.3, 0.4) is 0 Å². The van der Waals surface area contributed by atoms with Crippen molar-refractivity contribution in [2.24, 2.45) is 0 Å². The van der Waals surface area contributed by atoms with Crippen LogP contribution in [0.1, 0.15) is 5.56 Å². The third-order valence-electron chi connectivity index (χ3n) is 1.29. The summed E-state index contributed by atoms with van der Waals surface area (Å²) in [4.78, 5) is 3.90. The molecule has 4 nitrogen and oxygen atoms in total. The fraction of sp³-hybridized carbons (Fsp3) is 0.286. The van der Waals surface area contributed by atoms with E-state index in [9.17, 15) is 0 Å². The third-order valence-corrected chi connectivity index (χ3v) is 1.29. The highest BCUT2D eigenvalue weighted by Gasteiger charge is 1.94. The predicted molar refractivity (Wildman–Crippen MR) is 39.4 cm³/mol. The number of nitrogens with one attached hydrogen (secondary N) is 1. The van der Waals surface area contributed by atoms with E-state index in [1.54, 1.807) is 25.6 Å². The van der Waals surface area contributed by atoms with Gasteiger partial charge in [0, 0.05) is 12.7 Å². The lowest BCUT2D eigenvalue weighted by Crippen LogP contribution is -2.06. The highest BCUT2D eigenvalue weighted by Crippen LogP contribution is 2.09. The summed E-state index contributed by atoms with van der Waals surface area (Å²) >= 11 is 0. The second kappa shape index (κ2) is 3.90. The standard InChI is InChI=1S/C7H10N2O2/c1-11-7-2-6(4-9-10)3-8-5-7/h2-3,5,9-10H,4H2,1H3. The third kappa shape index (κ3) is 2.18. The van der Waals surface area contributed by atoms with Gasteiger partial charge in [-0.3, -0.25) is 4.98 Å². The predicted octanol–water partition coefficient (Wildman–Crippen LogP) is 0.569. The van der Waals surface area contributed by atoms with Gasteiger partial charge in [-0.25, -0.2) is 5.48 Å². The smallest absolute Gasteiger partial charge is 0.137 e. The Morgan fingerprint density at radius 3 is 3.09 bits per heavy atom.